The lowest BCUT2D eigenvalue weighted by Crippen LogP contribution is -1.94. The van der Waals surface area contributed by atoms with Gasteiger partial charge in [-0.15, -0.1) is 0 Å². The molecular formula is C18H23O3P. The molecule has 0 atom stereocenters. The van der Waals surface area contributed by atoms with Crippen LogP contribution in [-0.2, 0) is 17.4 Å². The molecule has 0 aromatic heterocycles. The molecule has 2 aromatic carbocycles. The van der Waals surface area contributed by atoms with Crippen molar-refractivity contribution in [3.05, 3.63) is 58.7 Å². The Kier molecular flexibility index (Phi) is 5.68. The summed E-state index contributed by atoms with van der Waals surface area (Å²) in [5, 5.41) is 0. The van der Waals surface area contributed by atoms with Crippen molar-refractivity contribution >= 4 is 8.25 Å². The van der Waals surface area contributed by atoms with Crippen LogP contribution in [0.2, 0.25) is 0 Å². The molecule has 2 rings (SSSR count). The van der Waals surface area contributed by atoms with E-state index >= 15 is 0 Å². The smallest absolute Gasteiger partial charge is 0.418 e. The van der Waals surface area contributed by atoms with Gasteiger partial charge in [-0.3, -0.25) is 0 Å². The Balaban J connectivity index is 2.13. The van der Waals surface area contributed by atoms with Crippen LogP contribution in [0.15, 0.2) is 36.4 Å². The third-order valence-corrected chi connectivity index (χ3v) is 4.48. The zero-order valence-corrected chi connectivity index (χ0v) is 14.6. The van der Waals surface area contributed by atoms with E-state index in [0.717, 1.165) is 35.1 Å². The van der Waals surface area contributed by atoms with Crippen molar-refractivity contribution in [3.8, 4) is 11.5 Å². The Labute approximate surface area is 133 Å². The van der Waals surface area contributed by atoms with Crippen LogP contribution in [-0.4, -0.2) is 0 Å². The molecule has 22 heavy (non-hydrogen) atoms. The summed E-state index contributed by atoms with van der Waals surface area (Å²) in [6.45, 7) is 8.03. The van der Waals surface area contributed by atoms with Crippen molar-refractivity contribution in [2.45, 2.75) is 40.5 Å². The fourth-order valence-corrected chi connectivity index (χ4v) is 2.99. The van der Waals surface area contributed by atoms with Crippen molar-refractivity contribution in [3.63, 3.8) is 0 Å². The van der Waals surface area contributed by atoms with Gasteiger partial charge in [-0.05, 0) is 61.1 Å². The Morgan fingerprint density at radius 1 is 0.818 bits per heavy atom. The molecule has 0 unspecified atom stereocenters. The van der Waals surface area contributed by atoms with Gasteiger partial charge in [0.1, 0.15) is 11.5 Å². The third kappa shape index (κ3) is 4.14. The molecule has 0 aliphatic rings. The number of aryl methyl sites for hydroxylation is 4. The summed E-state index contributed by atoms with van der Waals surface area (Å²) < 4.78 is 23.3. The van der Waals surface area contributed by atoms with E-state index in [0.29, 0.717) is 11.5 Å². The molecule has 0 heterocycles. The van der Waals surface area contributed by atoms with Crippen LogP contribution in [0.4, 0.5) is 0 Å². The summed E-state index contributed by atoms with van der Waals surface area (Å²) in [6, 6.07) is 11.9. The highest BCUT2D eigenvalue weighted by atomic mass is 31.1. The first-order valence-electron chi connectivity index (χ1n) is 7.62. The van der Waals surface area contributed by atoms with Gasteiger partial charge in [0.2, 0.25) is 0 Å². The second kappa shape index (κ2) is 7.51. The maximum absolute atomic E-state index is 12.2. The van der Waals surface area contributed by atoms with Gasteiger partial charge in [-0.1, -0.05) is 38.1 Å². The van der Waals surface area contributed by atoms with Crippen LogP contribution in [0.1, 0.15) is 36.1 Å². The summed E-state index contributed by atoms with van der Waals surface area (Å²) in [6.07, 6.45) is 1.83. The molecule has 0 aliphatic carbocycles. The van der Waals surface area contributed by atoms with Crippen LogP contribution in [0, 0.1) is 13.8 Å². The van der Waals surface area contributed by atoms with Gasteiger partial charge < -0.3 is 9.05 Å². The maximum atomic E-state index is 12.2. The number of rotatable bonds is 6. The summed E-state index contributed by atoms with van der Waals surface area (Å²) in [5.74, 6) is 1.26. The largest absolute Gasteiger partial charge is 0.418 e. The first-order valence-corrected chi connectivity index (χ1v) is 8.84. The number of hydrogen-bond donors (Lipinski definition) is 0. The van der Waals surface area contributed by atoms with E-state index in [1.807, 2.05) is 38.1 Å². The van der Waals surface area contributed by atoms with Crippen LogP contribution in [0.25, 0.3) is 0 Å². The van der Waals surface area contributed by atoms with Crippen molar-refractivity contribution in [1.82, 2.24) is 0 Å². The van der Waals surface area contributed by atoms with Gasteiger partial charge in [0.25, 0.3) is 0 Å². The highest BCUT2D eigenvalue weighted by Gasteiger charge is 2.10. The minimum Gasteiger partial charge on any atom is -0.418 e. The average molecular weight is 318 g/mol. The average Bonchev–Trinajstić information content (AvgIpc) is 2.51. The van der Waals surface area contributed by atoms with E-state index in [-0.39, 0.29) is 0 Å². The predicted molar refractivity (Wildman–Crippen MR) is 91.4 cm³/mol. The highest BCUT2D eigenvalue weighted by Crippen LogP contribution is 2.34. The van der Waals surface area contributed by atoms with Gasteiger partial charge in [0, 0.05) is 0 Å². The van der Waals surface area contributed by atoms with Crippen molar-refractivity contribution in [2.24, 2.45) is 0 Å². The normalized spacial score (nSPS) is 10.8. The molecule has 2 aromatic rings. The molecule has 0 N–H and O–H groups in total. The number of benzene rings is 2. The van der Waals surface area contributed by atoms with Gasteiger partial charge in [0.15, 0.2) is 0 Å². The summed E-state index contributed by atoms with van der Waals surface area (Å²) >= 11 is 0. The second-order valence-corrected chi connectivity index (χ2v) is 6.27. The number of hydrogen-bond acceptors (Lipinski definition) is 3. The Hall–Kier alpha value is -1.73. The lowest BCUT2D eigenvalue weighted by Gasteiger charge is -2.13. The van der Waals surface area contributed by atoms with E-state index in [2.05, 4.69) is 26.0 Å². The minimum absolute atomic E-state index is 0.632. The zero-order chi connectivity index (χ0) is 16.1. The molecule has 0 saturated carbocycles. The third-order valence-electron chi connectivity index (χ3n) is 3.71. The Morgan fingerprint density at radius 2 is 1.23 bits per heavy atom. The van der Waals surface area contributed by atoms with Gasteiger partial charge in [-0.2, -0.15) is 0 Å². The summed E-state index contributed by atoms with van der Waals surface area (Å²) in [5.41, 5.74) is 4.22. The molecule has 0 saturated heterocycles. The van der Waals surface area contributed by atoms with E-state index in [4.69, 9.17) is 9.05 Å². The van der Waals surface area contributed by atoms with Gasteiger partial charge in [0.05, 0.1) is 0 Å². The molecule has 0 spiro atoms. The van der Waals surface area contributed by atoms with E-state index in [1.54, 1.807) is 0 Å². The van der Waals surface area contributed by atoms with Crippen molar-refractivity contribution < 1.29 is 13.6 Å². The van der Waals surface area contributed by atoms with Crippen molar-refractivity contribution in [2.75, 3.05) is 0 Å². The monoisotopic (exact) mass is 318 g/mol. The lowest BCUT2D eigenvalue weighted by molar-refractivity contribution is 0.413. The van der Waals surface area contributed by atoms with E-state index in [9.17, 15) is 4.57 Å². The van der Waals surface area contributed by atoms with E-state index < -0.39 is 8.25 Å². The van der Waals surface area contributed by atoms with E-state index in [1.165, 1.54) is 0 Å². The maximum Gasteiger partial charge on any atom is 0.418 e. The molecule has 3 nitrogen and oxygen atoms in total. The van der Waals surface area contributed by atoms with Crippen LogP contribution in [0.3, 0.4) is 0 Å². The first-order chi connectivity index (χ1) is 10.5. The quantitative estimate of drug-likeness (QED) is 0.680. The standard InChI is InChI=1S/C18H23O3P/c1-5-15-9-7-13(3)17(11-15)20-22(19)21-18-12-16(6-2)10-8-14(18)4/h7-12,22H,5-6H2,1-4H3. The molecule has 118 valence electrons. The van der Waals surface area contributed by atoms with Crippen molar-refractivity contribution in [1.29, 1.82) is 0 Å². The molecule has 4 heteroatoms. The van der Waals surface area contributed by atoms with Crippen LogP contribution >= 0.6 is 8.25 Å². The van der Waals surface area contributed by atoms with Gasteiger partial charge in [-0.25, -0.2) is 4.57 Å². The molecule has 0 bridgehead atoms. The fraction of sp³-hybridized carbons (Fsp3) is 0.333. The summed E-state index contributed by atoms with van der Waals surface area (Å²) in [4.78, 5) is 0. The zero-order valence-electron chi connectivity index (χ0n) is 13.6. The fourth-order valence-electron chi connectivity index (χ4n) is 2.15. The molecule has 0 radical (unpaired) electrons. The van der Waals surface area contributed by atoms with Crippen LogP contribution in [0.5, 0.6) is 11.5 Å². The lowest BCUT2D eigenvalue weighted by atomic mass is 10.1. The molecule has 0 aliphatic heterocycles. The van der Waals surface area contributed by atoms with Crippen LogP contribution < -0.4 is 9.05 Å². The van der Waals surface area contributed by atoms with Gasteiger partial charge >= 0.3 is 8.25 Å². The molecular weight excluding hydrogens is 295 g/mol. The molecule has 0 amide bonds. The summed E-state index contributed by atoms with van der Waals surface area (Å²) in [7, 11) is -2.64. The minimum atomic E-state index is -2.64. The highest BCUT2D eigenvalue weighted by molar-refractivity contribution is 7.34. The SMILES string of the molecule is CCc1ccc(C)c(O[PH](=O)Oc2cc(CC)ccc2C)c1. The first kappa shape index (κ1) is 16.6. The Morgan fingerprint density at radius 3 is 1.59 bits per heavy atom. The second-order valence-electron chi connectivity index (χ2n) is 5.36. The predicted octanol–water partition coefficient (Wildman–Crippen LogP) is 5.28. The topological polar surface area (TPSA) is 35.5 Å². The Bertz CT molecular complexity index is 623. The molecule has 0 fully saturated rings.